The van der Waals surface area contributed by atoms with Crippen LogP contribution in [0.5, 0.6) is 0 Å². The average molecular weight is 320 g/mol. The van der Waals surface area contributed by atoms with Crippen LogP contribution in [0.25, 0.3) is 0 Å². The van der Waals surface area contributed by atoms with Gasteiger partial charge in [-0.1, -0.05) is 0 Å². The van der Waals surface area contributed by atoms with Crippen LogP contribution in [0.4, 0.5) is 0 Å². The second kappa shape index (κ2) is 5.18. The minimum absolute atomic E-state index is 0.0413. The molecular weight excluding hydrogens is 304 g/mol. The van der Waals surface area contributed by atoms with Gasteiger partial charge in [0.25, 0.3) is 11.8 Å². The van der Waals surface area contributed by atoms with Crippen molar-refractivity contribution in [3.63, 3.8) is 0 Å². The zero-order chi connectivity index (χ0) is 15.2. The largest absolute Gasteiger partial charge is 0.398 e. The minimum Gasteiger partial charge on any atom is -0.348 e. The van der Waals surface area contributed by atoms with E-state index in [1.54, 1.807) is 0 Å². The summed E-state index contributed by atoms with van der Waals surface area (Å²) in [7, 11) is -4.71. The number of carbonyl (C=O) groups is 2. The Hall–Kier alpha value is -1.27. The van der Waals surface area contributed by atoms with Gasteiger partial charge in [0.2, 0.25) is 0 Å². The van der Waals surface area contributed by atoms with Crippen molar-refractivity contribution in [2.75, 3.05) is 26.2 Å². The first-order valence-corrected chi connectivity index (χ1v) is 7.92. The van der Waals surface area contributed by atoms with Gasteiger partial charge in [0, 0.05) is 32.1 Å². The summed E-state index contributed by atoms with van der Waals surface area (Å²) >= 11 is 0. The number of nitrogens with one attached hydrogen (secondary N) is 3. The van der Waals surface area contributed by atoms with Gasteiger partial charge < -0.3 is 15.5 Å². The van der Waals surface area contributed by atoms with Crippen LogP contribution < -0.4 is 16.0 Å². The Labute approximate surface area is 121 Å². The first-order valence-electron chi connectivity index (χ1n) is 6.56. The molecule has 0 aromatic heterocycles. The van der Waals surface area contributed by atoms with Crippen LogP contribution in [0.15, 0.2) is 0 Å². The Kier molecular flexibility index (Phi) is 3.61. The molecule has 0 radical (unpaired) electrons. The molecule has 2 bridgehead atoms. The molecule has 3 aliphatic rings. The van der Waals surface area contributed by atoms with Gasteiger partial charge in [-0.25, -0.2) is 4.18 Å². The maximum Gasteiger partial charge on any atom is 0.398 e. The van der Waals surface area contributed by atoms with Gasteiger partial charge in [-0.3, -0.25) is 19.5 Å². The van der Waals surface area contributed by atoms with E-state index in [1.165, 1.54) is 4.90 Å². The SMILES string of the molecule is O=C(NC1CNC1)[C@H]1NC[C@@H]2CN1C(=O)C2OS(=O)(=O)O. The van der Waals surface area contributed by atoms with Crippen molar-refractivity contribution in [1.82, 2.24) is 20.9 Å². The highest BCUT2D eigenvalue weighted by atomic mass is 32.3. The van der Waals surface area contributed by atoms with Gasteiger partial charge in [-0.05, 0) is 0 Å². The third kappa shape index (κ3) is 2.87. The number of amides is 2. The Morgan fingerprint density at radius 2 is 2.10 bits per heavy atom. The summed E-state index contributed by atoms with van der Waals surface area (Å²) in [6.07, 6.45) is -2.12. The van der Waals surface area contributed by atoms with Gasteiger partial charge in [0.1, 0.15) is 0 Å². The molecule has 3 fully saturated rings. The number of hydrogen-bond donors (Lipinski definition) is 4. The summed E-state index contributed by atoms with van der Waals surface area (Å²) in [5.41, 5.74) is 0. The zero-order valence-electron chi connectivity index (χ0n) is 11.0. The standard InChI is InChI=1S/C10H16N4O6S/c15-9(13-6-2-11-3-6)8-12-1-5-4-14(8)10(16)7(5)20-21(17,18)19/h5-8,11-12H,1-4H2,(H,13,15)(H,17,18,19)/t5-,7?,8+/m1/s1. The molecule has 0 aliphatic carbocycles. The lowest BCUT2D eigenvalue weighted by molar-refractivity contribution is -0.142. The van der Waals surface area contributed by atoms with Crippen molar-refractivity contribution in [2.24, 2.45) is 5.92 Å². The molecule has 21 heavy (non-hydrogen) atoms. The van der Waals surface area contributed by atoms with Gasteiger partial charge in [0.15, 0.2) is 12.3 Å². The van der Waals surface area contributed by atoms with Crippen molar-refractivity contribution in [2.45, 2.75) is 18.3 Å². The van der Waals surface area contributed by atoms with E-state index in [-0.39, 0.29) is 25.0 Å². The van der Waals surface area contributed by atoms with E-state index >= 15 is 0 Å². The fourth-order valence-corrected chi connectivity index (χ4v) is 3.24. The predicted molar refractivity (Wildman–Crippen MR) is 68.2 cm³/mol. The monoisotopic (exact) mass is 320 g/mol. The number of carbonyl (C=O) groups excluding carboxylic acids is 2. The number of hydrogen-bond acceptors (Lipinski definition) is 7. The quantitative estimate of drug-likeness (QED) is 0.394. The molecule has 0 aromatic carbocycles. The normalized spacial score (nSPS) is 32.9. The molecule has 4 N–H and O–H groups in total. The Balaban J connectivity index is 1.68. The molecule has 2 amide bonds. The fraction of sp³-hybridized carbons (Fsp3) is 0.800. The molecule has 1 unspecified atom stereocenters. The van der Waals surface area contributed by atoms with Crippen molar-refractivity contribution in [3.8, 4) is 0 Å². The van der Waals surface area contributed by atoms with Crippen LogP contribution in [0, 0.1) is 5.92 Å². The van der Waals surface area contributed by atoms with Gasteiger partial charge >= 0.3 is 10.4 Å². The summed E-state index contributed by atoms with van der Waals surface area (Å²) in [5, 5.41) is 8.70. The van der Waals surface area contributed by atoms with Crippen LogP contribution in [0.3, 0.4) is 0 Å². The van der Waals surface area contributed by atoms with Crippen LogP contribution in [0.2, 0.25) is 0 Å². The van der Waals surface area contributed by atoms with Gasteiger partial charge in [0.05, 0.1) is 6.04 Å². The maximum atomic E-state index is 12.1. The van der Waals surface area contributed by atoms with Gasteiger partial charge in [-0.15, -0.1) is 0 Å². The van der Waals surface area contributed by atoms with Crippen LogP contribution in [-0.4, -0.2) is 74.2 Å². The summed E-state index contributed by atoms with van der Waals surface area (Å²) in [4.78, 5) is 25.5. The van der Waals surface area contributed by atoms with E-state index in [1.807, 2.05) is 0 Å². The summed E-state index contributed by atoms with van der Waals surface area (Å²) in [6, 6.07) is 0.0413. The van der Waals surface area contributed by atoms with E-state index in [9.17, 15) is 18.0 Å². The molecule has 10 nitrogen and oxygen atoms in total. The molecule has 3 rings (SSSR count). The maximum absolute atomic E-state index is 12.1. The predicted octanol–water partition coefficient (Wildman–Crippen LogP) is -3.35. The average Bonchev–Trinajstić information content (AvgIpc) is 2.58. The smallest absolute Gasteiger partial charge is 0.348 e. The molecule has 0 saturated carbocycles. The van der Waals surface area contributed by atoms with Crippen molar-refractivity contribution in [1.29, 1.82) is 0 Å². The van der Waals surface area contributed by atoms with E-state index in [0.29, 0.717) is 13.1 Å². The first-order chi connectivity index (χ1) is 9.85. The van der Waals surface area contributed by atoms with Crippen LogP contribution >= 0.6 is 0 Å². The second-order valence-corrected chi connectivity index (χ2v) is 6.42. The summed E-state index contributed by atoms with van der Waals surface area (Å²) in [5.74, 6) is -1.37. The van der Waals surface area contributed by atoms with Crippen molar-refractivity contribution < 1.29 is 26.7 Å². The Morgan fingerprint density at radius 1 is 1.38 bits per heavy atom. The summed E-state index contributed by atoms with van der Waals surface area (Å²) < 4.78 is 34.7. The Bertz CT molecular complexity index is 562. The molecule has 118 valence electrons. The van der Waals surface area contributed by atoms with E-state index < -0.39 is 34.5 Å². The highest BCUT2D eigenvalue weighted by Crippen LogP contribution is 2.27. The lowest BCUT2D eigenvalue weighted by Crippen LogP contribution is -2.64. The third-order valence-electron chi connectivity index (χ3n) is 3.87. The minimum atomic E-state index is -4.71. The van der Waals surface area contributed by atoms with E-state index in [0.717, 1.165) is 0 Å². The van der Waals surface area contributed by atoms with E-state index in [4.69, 9.17) is 4.55 Å². The second-order valence-electron chi connectivity index (χ2n) is 5.37. The third-order valence-corrected chi connectivity index (χ3v) is 4.32. The molecular formula is C10H16N4O6S. The molecule has 11 heteroatoms. The van der Waals surface area contributed by atoms with Gasteiger partial charge in [-0.2, -0.15) is 8.42 Å². The highest BCUT2D eigenvalue weighted by molar-refractivity contribution is 7.80. The molecule has 3 saturated heterocycles. The fourth-order valence-electron chi connectivity index (χ4n) is 2.74. The van der Waals surface area contributed by atoms with E-state index in [2.05, 4.69) is 20.1 Å². The van der Waals surface area contributed by atoms with Crippen LogP contribution in [-0.2, 0) is 24.2 Å². The molecule has 3 atom stereocenters. The summed E-state index contributed by atoms with van der Waals surface area (Å²) in [6.45, 7) is 1.84. The van der Waals surface area contributed by atoms with Crippen LogP contribution in [0.1, 0.15) is 0 Å². The molecule has 0 spiro atoms. The lowest BCUT2D eigenvalue weighted by Gasteiger charge is -2.35. The molecule has 0 aromatic rings. The molecule has 3 aliphatic heterocycles. The zero-order valence-corrected chi connectivity index (χ0v) is 11.8. The lowest BCUT2D eigenvalue weighted by atomic mass is 10.1. The number of fused-ring (bicyclic) bond motifs is 2. The van der Waals surface area contributed by atoms with Crippen molar-refractivity contribution >= 4 is 22.2 Å². The van der Waals surface area contributed by atoms with Crippen molar-refractivity contribution in [3.05, 3.63) is 0 Å². The first kappa shape index (κ1) is 14.7. The topological polar surface area (TPSA) is 137 Å². The number of nitrogens with zero attached hydrogens (tertiary/aromatic N) is 1. The highest BCUT2D eigenvalue weighted by Gasteiger charge is 2.51. The Morgan fingerprint density at radius 3 is 2.67 bits per heavy atom. The molecule has 3 heterocycles. The number of rotatable bonds is 4.